The Hall–Kier alpha value is -1.26. The van der Waals surface area contributed by atoms with Crippen LogP contribution in [0, 0.1) is 5.92 Å². The van der Waals surface area contributed by atoms with Crippen molar-refractivity contribution in [2.45, 2.75) is 38.6 Å². The molecule has 0 saturated carbocycles. The molecule has 0 aliphatic rings. The molecule has 0 unspecified atom stereocenters. The first kappa shape index (κ1) is 15.1. The highest BCUT2D eigenvalue weighted by molar-refractivity contribution is 7.99. The Labute approximate surface area is 125 Å². The fourth-order valence-electron chi connectivity index (χ4n) is 1.92. The molecule has 2 aromatic rings. The van der Waals surface area contributed by atoms with Crippen LogP contribution in [-0.4, -0.2) is 20.4 Å². The third-order valence-corrected chi connectivity index (χ3v) is 4.10. The zero-order valence-corrected chi connectivity index (χ0v) is 12.9. The largest absolute Gasteiger partial charge is 0.390 e. The van der Waals surface area contributed by atoms with E-state index in [1.54, 1.807) is 11.8 Å². The van der Waals surface area contributed by atoms with E-state index in [0.29, 0.717) is 5.92 Å². The summed E-state index contributed by atoms with van der Waals surface area (Å²) in [5.74, 6) is 1.77. The summed E-state index contributed by atoms with van der Waals surface area (Å²) >= 11 is 1.77. The van der Waals surface area contributed by atoms with Crippen molar-refractivity contribution in [3.8, 4) is 0 Å². The predicted molar refractivity (Wildman–Crippen MR) is 83.9 cm³/mol. The number of hydrogen-bond acceptors (Lipinski definition) is 3. The zero-order valence-electron chi connectivity index (χ0n) is 12.1. The molecule has 2 rings (SSSR count). The van der Waals surface area contributed by atoms with Crippen LogP contribution in [-0.2, 0) is 13.2 Å². The number of benzene rings is 1. The summed E-state index contributed by atoms with van der Waals surface area (Å²) in [7, 11) is 0. The molecule has 0 amide bonds. The highest BCUT2D eigenvalue weighted by Crippen LogP contribution is 2.21. The van der Waals surface area contributed by atoms with Gasteiger partial charge in [-0.2, -0.15) is 0 Å². The van der Waals surface area contributed by atoms with E-state index in [9.17, 15) is 5.11 Å². The Morgan fingerprint density at radius 2 is 2.00 bits per heavy atom. The number of nitrogens with zero attached hydrogens (tertiary/aromatic N) is 2. The van der Waals surface area contributed by atoms with Crippen molar-refractivity contribution in [2.75, 3.05) is 5.75 Å². The molecule has 0 spiro atoms. The lowest BCUT2D eigenvalue weighted by Crippen LogP contribution is -2.01. The normalized spacial score (nSPS) is 11.2. The molecule has 0 bridgehead atoms. The minimum absolute atomic E-state index is 0.000466. The SMILES string of the molecule is CC(C)CCSc1nc(CO)cn1Cc1ccccc1. The fraction of sp³-hybridized carbons (Fsp3) is 0.438. The van der Waals surface area contributed by atoms with Gasteiger partial charge in [0.1, 0.15) is 0 Å². The molecule has 0 fully saturated rings. The molecule has 1 aromatic heterocycles. The number of aromatic nitrogens is 2. The van der Waals surface area contributed by atoms with Crippen LogP contribution in [0.3, 0.4) is 0 Å². The quantitative estimate of drug-likeness (QED) is 0.792. The molecular weight excluding hydrogens is 268 g/mol. The van der Waals surface area contributed by atoms with E-state index >= 15 is 0 Å². The first-order valence-corrected chi connectivity index (χ1v) is 8.01. The molecule has 0 aliphatic heterocycles. The molecule has 1 aromatic carbocycles. The van der Waals surface area contributed by atoms with Crippen molar-refractivity contribution in [1.82, 2.24) is 9.55 Å². The van der Waals surface area contributed by atoms with E-state index in [2.05, 4.69) is 35.5 Å². The second kappa shape index (κ2) is 7.50. The third-order valence-electron chi connectivity index (χ3n) is 3.07. The van der Waals surface area contributed by atoms with Crippen molar-refractivity contribution in [3.05, 3.63) is 47.8 Å². The van der Waals surface area contributed by atoms with Crippen LogP contribution in [0.4, 0.5) is 0 Å². The molecule has 20 heavy (non-hydrogen) atoms. The van der Waals surface area contributed by atoms with Gasteiger partial charge in [-0.3, -0.25) is 0 Å². The number of thioether (sulfide) groups is 1. The summed E-state index contributed by atoms with van der Waals surface area (Å²) in [6, 6.07) is 10.3. The maximum atomic E-state index is 9.27. The van der Waals surface area contributed by atoms with Crippen LogP contribution in [0.2, 0.25) is 0 Å². The van der Waals surface area contributed by atoms with E-state index < -0.39 is 0 Å². The summed E-state index contributed by atoms with van der Waals surface area (Å²) in [5.41, 5.74) is 1.99. The molecule has 0 aliphatic carbocycles. The van der Waals surface area contributed by atoms with E-state index in [4.69, 9.17) is 0 Å². The second-order valence-corrected chi connectivity index (χ2v) is 6.38. The molecule has 0 atom stereocenters. The van der Waals surface area contributed by atoms with E-state index in [1.807, 2.05) is 24.4 Å². The van der Waals surface area contributed by atoms with Crippen LogP contribution in [0.1, 0.15) is 31.5 Å². The van der Waals surface area contributed by atoms with Crippen LogP contribution < -0.4 is 0 Å². The smallest absolute Gasteiger partial charge is 0.168 e. The van der Waals surface area contributed by atoms with Crippen molar-refractivity contribution >= 4 is 11.8 Å². The third kappa shape index (κ3) is 4.39. The van der Waals surface area contributed by atoms with Gasteiger partial charge < -0.3 is 9.67 Å². The molecule has 3 nitrogen and oxygen atoms in total. The Kier molecular flexibility index (Phi) is 5.68. The maximum absolute atomic E-state index is 9.27. The van der Waals surface area contributed by atoms with Crippen molar-refractivity contribution in [1.29, 1.82) is 0 Å². The highest BCUT2D eigenvalue weighted by atomic mass is 32.2. The van der Waals surface area contributed by atoms with E-state index in [1.165, 1.54) is 12.0 Å². The van der Waals surface area contributed by atoms with Gasteiger partial charge in [-0.25, -0.2) is 4.98 Å². The van der Waals surface area contributed by atoms with Gasteiger partial charge in [-0.15, -0.1) is 0 Å². The van der Waals surface area contributed by atoms with Crippen LogP contribution in [0.5, 0.6) is 0 Å². The first-order chi connectivity index (χ1) is 9.69. The zero-order chi connectivity index (χ0) is 14.4. The number of aliphatic hydroxyl groups is 1. The van der Waals surface area contributed by atoms with Gasteiger partial charge in [0.2, 0.25) is 0 Å². The minimum atomic E-state index is -0.000466. The van der Waals surface area contributed by atoms with Gasteiger partial charge in [-0.05, 0) is 17.9 Å². The first-order valence-electron chi connectivity index (χ1n) is 7.02. The number of rotatable bonds is 7. The van der Waals surface area contributed by atoms with E-state index in [0.717, 1.165) is 23.1 Å². The Balaban J connectivity index is 2.08. The van der Waals surface area contributed by atoms with E-state index in [-0.39, 0.29) is 6.61 Å². The topological polar surface area (TPSA) is 38.1 Å². The lowest BCUT2D eigenvalue weighted by Gasteiger charge is -2.08. The Bertz CT molecular complexity index is 523. The van der Waals surface area contributed by atoms with Crippen molar-refractivity contribution in [3.63, 3.8) is 0 Å². The number of imidazole rings is 1. The lowest BCUT2D eigenvalue weighted by atomic mass is 10.2. The Morgan fingerprint density at radius 1 is 1.25 bits per heavy atom. The lowest BCUT2D eigenvalue weighted by molar-refractivity contribution is 0.277. The summed E-state index contributed by atoms with van der Waals surface area (Å²) in [5, 5.41) is 10.3. The van der Waals surface area contributed by atoms with Gasteiger partial charge in [0, 0.05) is 18.5 Å². The summed E-state index contributed by atoms with van der Waals surface area (Å²) < 4.78 is 2.13. The molecule has 4 heteroatoms. The summed E-state index contributed by atoms with van der Waals surface area (Å²) in [6.07, 6.45) is 3.13. The van der Waals surface area contributed by atoms with Crippen LogP contribution in [0.15, 0.2) is 41.7 Å². The molecule has 0 radical (unpaired) electrons. The van der Waals surface area contributed by atoms with Gasteiger partial charge in [0.15, 0.2) is 5.16 Å². The second-order valence-electron chi connectivity index (χ2n) is 5.32. The van der Waals surface area contributed by atoms with Gasteiger partial charge in [-0.1, -0.05) is 55.9 Å². The predicted octanol–water partition coefficient (Wildman–Crippen LogP) is 3.56. The summed E-state index contributed by atoms with van der Waals surface area (Å²) in [4.78, 5) is 4.50. The monoisotopic (exact) mass is 290 g/mol. The van der Waals surface area contributed by atoms with Gasteiger partial charge in [0.25, 0.3) is 0 Å². The highest BCUT2D eigenvalue weighted by Gasteiger charge is 2.09. The standard InChI is InChI=1S/C16H22N2OS/c1-13(2)8-9-20-16-17-15(12-19)11-18(16)10-14-6-4-3-5-7-14/h3-7,11,13,19H,8-10,12H2,1-2H3. The maximum Gasteiger partial charge on any atom is 0.168 e. The number of aliphatic hydroxyl groups excluding tert-OH is 1. The average molecular weight is 290 g/mol. The molecule has 1 heterocycles. The summed E-state index contributed by atoms with van der Waals surface area (Å²) in [6.45, 7) is 5.27. The van der Waals surface area contributed by atoms with Crippen LogP contribution >= 0.6 is 11.8 Å². The van der Waals surface area contributed by atoms with Crippen molar-refractivity contribution in [2.24, 2.45) is 5.92 Å². The molecule has 108 valence electrons. The van der Waals surface area contributed by atoms with Crippen molar-refractivity contribution < 1.29 is 5.11 Å². The van der Waals surface area contributed by atoms with Gasteiger partial charge >= 0.3 is 0 Å². The molecular formula is C16H22N2OS. The molecule has 0 saturated heterocycles. The average Bonchev–Trinajstić information content (AvgIpc) is 2.82. The molecule has 1 N–H and O–H groups in total. The van der Waals surface area contributed by atoms with Gasteiger partial charge in [0.05, 0.1) is 12.3 Å². The minimum Gasteiger partial charge on any atom is -0.390 e. The number of hydrogen-bond donors (Lipinski definition) is 1. The fourth-order valence-corrected chi connectivity index (χ4v) is 3.16. The van der Waals surface area contributed by atoms with Crippen LogP contribution in [0.25, 0.3) is 0 Å². The Morgan fingerprint density at radius 3 is 2.65 bits per heavy atom.